The SMILES string of the molecule is CC(=NC(CSC/C=C(\C)CCCC(C)CCCC(C)CCCC(C)C)C(=O)O)NC#N. The van der Waals surface area contributed by atoms with Crippen molar-refractivity contribution in [1.29, 1.82) is 5.26 Å². The summed E-state index contributed by atoms with van der Waals surface area (Å²) >= 11 is 1.56. The van der Waals surface area contributed by atoms with Gasteiger partial charge in [0.25, 0.3) is 0 Å². The van der Waals surface area contributed by atoms with E-state index >= 15 is 0 Å². The molecule has 6 heteroatoms. The topological polar surface area (TPSA) is 85.5 Å². The van der Waals surface area contributed by atoms with Gasteiger partial charge >= 0.3 is 5.97 Å². The molecule has 0 radical (unpaired) electrons. The molecule has 0 rings (SSSR count). The van der Waals surface area contributed by atoms with Crippen LogP contribution in [0.15, 0.2) is 16.6 Å². The molecule has 0 aliphatic rings. The number of nitriles is 1. The number of hydrogen-bond donors (Lipinski definition) is 2. The normalized spacial score (nSPS) is 15.3. The zero-order valence-corrected chi connectivity index (χ0v) is 22.1. The van der Waals surface area contributed by atoms with Crippen LogP contribution in [0.2, 0.25) is 0 Å². The van der Waals surface area contributed by atoms with E-state index in [1.165, 1.54) is 56.9 Å². The standard InChI is InChI=1S/C26H47N3O2S/c1-20(2)10-7-11-21(3)12-8-13-22(4)14-9-15-23(5)16-17-32-18-25(26(30)31)29-24(6)28-19-27/h16,20-22,25H,7-15,17-18H2,1-6H3,(H,28,29)(H,30,31)/b23-16+. The molecule has 0 amide bonds. The second-order valence-electron chi connectivity index (χ2n) is 9.75. The Morgan fingerprint density at radius 1 is 1.03 bits per heavy atom. The Morgan fingerprint density at radius 3 is 2.12 bits per heavy atom. The Labute approximate surface area is 201 Å². The number of amidine groups is 1. The van der Waals surface area contributed by atoms with Gasteiger partial charge in [0.1, 0.15) is 5.84 Å². The predicted molar refractivity (Wildman–Crippen MR) is 139 cm³/mol. The Kier molecular flexibility index (Phi) is 18.2. The van der Waals surface area contributed by atoms with Crippen LogP contribution >= 0.6 is 11.8 Å². The highest BCUT2D eigenvalue weighted by atomic mass is 32.2. The quantitative estimate of drug-likeness (QED) is 0.0566. The number of hydrogen-bond acceptors (Lipinski definition) is 4. The number of thioether (sulfide) groups is 1. The Balaban J connectivity index is 3.98. The fourth-order valence-electron chi connectivity index (χ4n) is 3.70. The maximum atomic E-state index is 11.3. The molecule has 3 unspecified atom stereocenters. The highest BCUT2D eigenvalue weighted by Gasteiger charge is 2.16. The first-order valence-corrected chi connectivity index (χ1v) is 13.5. The van der Waals surface area contributed by atoms with Gasteiger partial charge in [-0.05, 0) is 44.4 Å². The molecule has 0 aromatic heterocycles. The van der Waals surface area contributed by atoms with Crippen molar-refractivity contribution in [3.05, 3.63) is 11.6 Å². The molecule has 0 aliphatic heterocycles. The summed E-state index contributed by atoms with van der Waals surface area (Å²) in [6.45, 7) is 13.2. The molecule has 0 heterocycles. The Morgan fingerprint density at radius 2 is 1.59 bits per heavy atom. The van der Waals surface area contributed by atoms with E-state index in [2.05, 4.69) is 51.0 Å². The van der Waals surface area contributed by atoms with Crippen molar-refractivity contribution in [3.63, 3.8) is 0 Å². The van der Waals surface area contributed by atoms with Gasteiger partial charge in [-0.25, -0.2) is 4.79 Å². The molecule has 0 fully saturated rings. The van der Waals surface area contributed by atoms with Crippen molar-refractivity contribution < 1.29 is 9.90 Å². The fourth-order valence-corrected chi connectivity index (χ4v) is 4.68. The lowest BCUT2D eigenvalue weighted by molar-refractivity contribution is -0.137. The number of carbonyl (C=O) groups is 1. The predicted octanol–water partition coefficient (Wildman–Crippen LogP) is 7.05. The molecule has 5 nitrogen and oxygen atoms in total. The summed E-state index contributed by atoms with van der Waals surface area (Å²) < 4.78 is 0. The zero-order valence-electron chi connectivity index (χ0n) is 21.3. The summed E-state index contributed by atoms with van der Waals surface area (Å²) in [6.07, 6.45) is 15.8. The van der Waals surface area contributed by atoms with Gasteiger partial charge < -0.3 is 5.11 Å². The van der Waals surface area contributed by atoms with Gasteiger partial charge in [0.05, 0.1) is 0 Å². The number of carboxylic acids is 1. The summed E-state index contributed by atoms with van der Waals surface area (Å²) in [5.74, 6) is 3.05. The van der Waals surface area contributed by atoms with Gasteiger partial charge in [-0.3, -0.25) is 10.3 Å². The minimum Gasteiger partial charge on any atom is -0.480 e. The number of allylic oxidation sites excluding steroid dienone is 1. The lowest BCUT2D eigenvalue weighted by atomic mass is 9.91. The molecule has 0 aromatic carbocycles. The molecule has 0 aliphatic carbocycles. The van der Waals surface area contributed by atoms with Crippen LogP contribution in [0.1, 0.15) is 99.3 Å². The lowest BCUT2D eigenvalue weighted by Gasteiger charge is -2.15. The molecule has 0 saturated heterocycles. The van der Waals surface area contributed by atoms with Crippen LogP contribution in [0, 0.1) is 29.2 Å². The summed E-state index contributed by atoms with van der Waals surface area (Å²) in [6, 6.07) is -0.826. The minimum atomic E-state index is -0.962. The van der Waals surface area contributed by atoms with Crippen LogP contribution in [0.5, 0.6) is 0 Å². The first-order chi connectivity index (χ1) is 15.1. The molecule has 3 atom stereocenters. The number of aliphatic imine (C=N–C) groups is 1. The van der Waals surface area contributed by atoms with Gasteiger partial charge in [0.15, 0.2) is 12.2 Å². The molecule has 2 N–H and O–H groups in total. The third-order valence-corrected chi connectivity index (χ3v) is 6.79. The molecule has 184 valence electrons. The summed E-state index contributed by atoms with van der Waals surface area (Å²) in [5.41, 5.74) is 1.38. The van der Waals surface area contributed by atoms with E-state index in [0.717, 1.165) is 29.9 Å². The van der Waals surface area contributed by atoms with E-state index in [4.69, 9.17) is 5.26 Å². The van der Waals surface area contributed by atoms with Crippen LogP contribution in [0.25, 0.3) is 0 Å². The number of nitrogens with one attached hydrogen (secondary N) is 1. The molecule has 0 spiro atoms. The van der Waals surface area contributed by atoms with Crippen LogP contribution in [-0.2, 0) is 4.79 Å². The molecule has 0 saturated carbocycles. The van der Waals surface area contributed by atoms with Gasteiger partial charge in [-0.15, -0.1) is 0 Å². The van der Waals surface area contributed by atoms with Crippen molar-refractivity contribution in [1.82, 2.24) is 5.32 Å². The van der Waals surface area contributed by atoms with Crippen molar-refractivity contribution in [3.8, 4) is 6.19 Å². The number of rotatable bonds is 18. The maximum absolute atomic E-state index is 11.3. The average Bonchev–Trinajstić information content (AvgIpc) is 2.70. The largest absolute Gasteiger partial charge is 0.480 e. The third kappa shape index (κ3) is 18.1. The van der Waals surface area contributed by atoms with Crippen molar-refractivity contribution in [2.75, 3.05) is 11.5 Å². The van der Waals surface area contributed by atoms with Crippen LogP contribution in [-0.4, -0.2) is 34.5 Å². The van der Waals surface area contributed by atoms with E-state index in [1.807, 2.05) is 0 Å². The maximum Gasteiger partial charge on any atom is 0.329 e. The molecule has 0 bridgehead atoms. The van der Waals surface area contributed by atoms with E-state index in [9.17, 15) is 9.90 Å². The Bertz CT molecular complexity index is 611. The third-order valence-electron chi connectivity index (χ3n) is 5.84. The van der Waals surface area contributed by atoms with Crippen LogP contribution < -0.4 is 5.32 Å². The molecule has 32 heavy (non-hydrogen) atoms. The van der Waals surface area contributed by atoms with Gasteiger partial charge in [-0.1, -0.05) is 84.3 Å². The smallest absolute Gasteiger partial charge is 0.329 e. The van der Waals surface area contributed by atoms with E-state index in [-0.39, 0.29) is 0 Å². The van der Waals surface area contributed by atoms with Crippen molar-refractivity contribution in [2.24, 2.45) is 22.7 Å². The monoisotopic (exact) mass is 465 g/mol. The number of aliphatic carboxylic acids is 1. The second kappa shape index (κ2) is 19.0. The van der Waals surface area contributed by atoms with Crippen molar-refractivity contribution >= 4 is 23.6 Å². The minimum absolute atomic E-state index is 0.335. The van der Waals surface area contributed by atoms with Gasteiger partial charge in [0, 0.05) is 11.5 Å². The summed E-state index contributed by atoms with van der Waals surface area (Å²) in [5, 5.41) is 20.2. The number of carboxylic acid groups (broad SMARTS) is 1. The summed E-state index contributed by atoms with van der Waals surface area (Å²) in [7, 11) is 0. The fraction of sp³-hybridized carbons (Fsp3) is 0.808. The average molecular weight is 466 g/mol. The Hall–Kier alpha value is -1.48. The van der Waals surface area contributed by atoms with E-state index < -0.39 is 12.0 Å². The van der Waals surface area contributed by atoms with Crippen molar-refractivity contribution in [2.45, 2.75) is 105 Å². The van der Waals surface area contributed by atoms with Crippen LogP contribution in [0.4, 0.5) is 0 Å². The van der Waals surface area contributed by atoms with E-state index in [1.54, 1.807) is 24.9 Å². The number of nitrogens with zero attached hydrogens (tertiary/aromatic N) is 2. The van der Waals surface area contributed by atoms with Crippen LogP contribution in [0.3, 0.4) is 0 Å². The first kappa shape index (κ1) is 30.5. The molecular formula is C26H47N3O2S. The highest BCUT2D eigenvalue weighted by Crippen LogP contribution is 2.22. The molecule has 0 aromatic rings. The van der Waals surface area contributed by atoms with E-state index in [0.29, 0.717) is 11.6 Å². The van der Waals surface area contributed by atoms with Gasteiger partial charge in [0.2, 0.25) is 0 Å². The lowest BCUT2D eigenvalue weighted by Crippen LogP contribution is -2.25. The molecular weight excluding hydrogens is 418 g/mol. The second-order valence-corrected chi connectivity index (χ2v) is 10.8. The van der Waals surface area contributed by atoms with Gasteiger partial charge in [-0.2, -0.15) is 17.0 Å². The zero-order chi connectivity index (χ0) is 24.4. The first-order valence-electron chi connectivity index (χ1n) is 12.3. The summed E-state index contributed by atoms with van der Waals surface area (Å²) in [4.78, 5) is 15.4. The highest BCUT2D eigenvalue weighted by molar-refractivity contribution is 7.99.